The van der Waals surface area contributed by atoms with Crippen molar-refractivity contribution in [2.75, 3.05) is 26.9 Å². The second-order valence-electron chi connectivity index (χ2n) is 9.35. The van der Waals surface area contributed by atoms with E-state index in [-0.39, 0.29) is 12.2 Å². The van der Waals surface area contributed by atoms with Crippen LogP contribution < -0.4 is 0 Å². The van der Waals surface area contributed by atoms with Gasteiger partial charge < -0.3 is 23.1 Å². The maximum Gasteiger partial charge on any atom is 0.500 e. The highest BCUT2D eigenvalue weighted by atomic mass is 28.4. The fourth-order valence-electron chi connectivity index (χ4n) is 3.33. The highest BCUT2D eigenvalue weighted by molar-refractivity contribution is 6.60. The molecule has 1 aliphatic rings. The zero-order valence-electron chi connectivity index (χ0n) is 18.7. The van der Waals surface area contributed by atoms with Gasteiger partial charge in [0.2, 0.25) is 0 Å². The second kappa shape index (κ2) is 12.6. The molecule has 27 heavy (non-hydrogen) atoms. The molecule has 1 fully saturated rings. The summed E-state index contributed by atoms with van der Waals surface area (Å²) in [6, 6.07) is 0.834. The average Bonchev–Trinajstić information content (AvgIpc) is 2.61. The van der Waals surface area contributed by atoms with Gasteiger partial charge >= 0.3 is 8.80 Å². The molecule has 0 bridgehead atoms. The summed E-state index contributed by atoms with van der Waals surface area (Å²) in [5.74, 6) is 1.92. The fourth-order valence-corrected chi connectivity index (χ4v) is 6.08. The Hall–Kier alpha value is 0.0169. The van der Waals surface area contributed by atoms with Gasteiger partial charge in [0.05, 0.1) is 12.2 Å². The Morgan fingerprint density at radius 2 is 1.44 bits per heavy atom. The molecule has 0 aromatic carbocycles. The molecule has 0 radical (unpaired) electrons. The third-order valence-corrected chi connectivity index (χ3v) is 7.69. The number of ether oxygens (including phenoxy) is 1. The van der Waals surface area contributed by atoms with E-state index >= 15 is 0 Å². The molecule has 0 aliphatic heterocycles. The number of hydrogen-bond donors (Lipinski definition) is 1. The second-order valence-corrected chi connectivity index (χ2v) is 12.2. The Balaban J connectivity index is 2.63. The normalized spacial score (nSPS) is 24.3. The van der Waals surface area contributed by atoms with Crippen LogP contribution in [0.3, 0.4) is 0 Å². The van der Waals surface area contributed by atoms with E-state index < -0.39 is 8.80 Å². The van der Waals surface area contributed by atoms with Gasteiger partial charge in [0.1, 0.15) is 0 Å². The zero-order chi connectivity index (χ0) is 20.4. The van der Waals surface area contributed by atoms with Gasteiger partial charge in [-0.25, -0.2) is 0 Å². The summed E-state index contributed by atoms with van der Waals surface area (Å²) in [5.41, 5.74) is 0. The third-order valence-electron chi connectivity index (χ3n) is 4.95. The van der Waals surface area contributed by atoms with Crippen molar-refractivity contribution in [3.63, 3.8) is 0 Å². The molecule has 3 unspecified atom stereocenters. The number of aliphatic hydroxyl groups excluding tert-OH is 1. The minimum Gasteiger partial charge on any atom is -0.390 e. The first kappa shape index (κ1) is 25.1. The largest absolute Gasteiger partial charge is 0.500 e. The smallest absolute Gasteiger partial charge is 0.390 e. The molecule has 5 nitrogen and oxygen atoms in total. The fraction of sp³-hybridized carbons (Fsp3) is 1.00. The molecule has 162 valence electrons. The van der Waals surface area contributed by atoms with Crippen molar-refractivity contribution >= 4 is 8.80 Å². The van der Waals surface area contributed by atoms with E-state index in [0.717, 1.165) is 31.7 Å². The standard InChI is InChI=1S/C21H44O5Si/c1-16(2)13-24-21-12-19(8-9-20(21)22)10-11-27(23-7,25-14-17(3)4)26-15-18(5)6/h16-22H,8-15H2,1-7H3. The Labute approximate surface area is 168 Å². The van der Waals surface area contributed by atoms with Gasteiger partial charge in [-0.15, -0.1) is 0 Å². The highest BCUT2D eigenvalue weighted by Gasteiger charge is 2.42. The molecular weight excluding hydrogens is 360 g/mol. The summed E-state index contributed by atoms with van der Waals surface area (Å²) in [6.07, 6.45) is 3.39. The summed E-state index contributed by atoms with van der Waals surface area (Å²) in [7, 11) is -0.929. The molecule has 3 atom stereocenters. The minimum absolute atomic E-state index is 0.0436. The molecule has 1 aliphatic carbocycles. The van der Waals surface area contributed by atoms with Crippen LogP contribution in [0.25, 0.3) is 0 Å². The van der Waals surface area contributed by atoms with Gasteiger partial charge in [0, 0.05) is 33.0 Å². The zero-order valence-corrected chi connectivity index (χ0v) is 19.7. The van der Waals surface area contributed by atoms with Crippen LogP contribution in [0, 0.1) is 23.7 Å². The molecular formula is C21H44O5Si. The van der Waals surface area contributed by atoms with Crippen molar-refractivity contribution in [2.24, 2.45) is 23.7 Å². The van der Waals surface area contributed by atoms with Crippen molar-refractivity contribution in [3.05, 3.63) is 0 Å². The minimum atomic E-state index is -2.66. The van der Waals surface area contributed by atoms with E-state index in [9.17, 15) is 5.11 Å². The van der Waals surface area contributed by atoms with E-state index in [1.54, 1.807) is 7.11 Å². The first-order chi connectivity index (χ1) is 12.7. The molecule has 0 saturated heterocycles. The first-order valence-electron chi connectivity index (χ1n) is 10.8. The van der Waals surface area contributed by atoms with Crippen molar-refractivity contribution in [3.8, 4) is 0 Å². The predicted molar refractivity (Wildman–Crippen MR) is 112 cm³/mol. The lowest BCUT2D eigenvalue weighted by Crippen LogP contribution is -2.47. The van der Waals surface area contributed by atoms with Crippen molar-refractivity contribution < 1.29 is 23.1 Å². The van der Waals surface area contributed by atoms with E-state index in [2.05, 4.69) is 41.5 Å². The van der Waals surface area contributed by atoms with E-state index in [1.807, 2.05) is 0 Å². The molecule has 1 rings (SSSR count). The Morgan fingerprint density at radius 1 is 0.889 bits per heavy atom. The van der Waals surface area contributed by atoms with Gasteiger partial charge in [-0.05, 0) is 49.4 Å². The molecule has 6 heteroatoms. The SMILES string of the molecule is CO[Si](CCC1CCC(O)C(OCC(C)C)C1)(OCC(C)C)OCC(C)C. The number of hydrogen-bond acceptors (Lipinski definition) is 5. The highest BCUT2D eigenvalue weighted by Crippen LogP contribution is 2.33. The average molecular weight is 405 g/mol. The lowest BCUT2D eigenvalue weighted by molar-refractivity contribution is -0.0788. The predicted octanol–water partition coefficient (Wildman–Crippen LogP) is 4.51. The van der Waals surface area contributed by atoms with Crippen molar-refractivity contribution in [2.45, 2.75) is 85.5 Å². The molecule has 1 N–H and O–H groups in total. The van der Waals surface area contributed by atoms with Crippen LogP contribution in [0.1, 0.15) is 67.2 Å². The lowest BCUT2D eigenvalue weighted by Gasteiger charge is -2.35. The quantitative estimate of drug-likeness (QED) is 0.458. The molecule has 0 amide bonds. The monoisotopic (exact) mass is 404 g/mol. The van der Waals surface area contributed by atoms with Crippen LogP contribution in [0.4, 0.5) is 0 Å². The molecule has 0 aromatic rings. The summed E-state index contributed by atoms with van der Waals surface area (Å²) < 4.78 is 24.3. The first-order valence-corrected chi connectivity index (χ1v) is 12.7. The van der Waals surface area contributed by atoms with E-state index in [0.29, 0.717) is 43.5 Å². The summed E-state index contributed by atoms with van der Waals surface area (Å²) in [5, 5.41) is 10.3. The van der Waals surface area contributed by atoms with Crippen LogP contribution in [0.2, 0.25) is 6.04 Å². The number of aliphatic hydroxyl groups is 1. The van der Waals surface area contributed by atoms with Gasteiger partial charge in [-0.3, -0.25) is 0 Å². The van der Waals surface area contributed by atoms with Crippen LogP contribution in [0.5, 0.6) is 0 Å². The van der Waals surface area contributed by atoms with Crippen LogP contribution in [-0.2, 0) is 18.0 Å². The molecule has 0 heterocycles. The topological polar surface area (TPSA) is 57.2 Å². The summed E-state index contributed by atoms with van der Waals surface area (Å²) in [4.78, 5) is 0. The van der Waals surface area contributed by atoms with Gasteiger partial charge in [-0.1, -0.05) is 41.5 Å². The van der Waals surface area contributed by atoms with Crippen LogP contribution in [0.15, 0.2) is 0 Å². The van der Waals surface area contributed by atoms with Crippen molar-refractivity contribution in [1.82, 2.24) is 0 Å². The molecule has 1 saturated carbocycles. The maximum absolute atomic E-state index is 10.3. The number of rotatable bonds is 13. The van der Waals surface area contributed by atoms with Gasteiger partial charge in [-0.2, -0.15) is 0 Å². The Morgan fingerprint density at radius 3 is 1.93 bits per heavy atom. The maximum atomic E-state index is 10.3. The van der Waals surface area contributed by atoms with Crippen LogP contribution >= 0.6 is 0 Å². The van der Waals surface area contributed by atoms with Gasteiger partial charge in [0.15, 0.2) is 0 Å². The molecule has 0 spiro atoms. The summed E-state index contributed by atoms with van der Waals surface area (Å²) >= 11 is 0. The third kappa shape index (κ3) is 9.86. The van der Waals surface area contributed by atoms with Crippen molar-refractivity contribution in [1.29, 1.82) is 0 Å². The molecule has 0 aromatic heterocycles. The lowest BCUT2D eigenvalue weighted by atomic mass is 9.84. The van der Waals surface area contributed by atoms with E-state index in [4.69, 9.17) is 18.0 Å². The van der Waals surface area contributed by atoms with E-state index in [1.165, 1.54) is 0 Å². The van der Waals surface area contributed by atoms with Gasteiger partial charge in [0.25, 0.3) is 0 Å². The summed E-state index contributed by atoms with van der Waals surface area (Å²) in [6.45, 7) is 14.9. The Kier molecular flexibility index (Phi) is 11.6. The Bertz CT molecular complexity index is 377. The van der Waals surface area contributed by atoms with Crippen LogP contribution in [-0.4, -0.2) is 53.0 Å².